The molecule has 0 aliphatic heterocycles. The fraction of sp³-hybridized carbons (Fsp3) is 0.417. The van der Waals surface area contributed by atoms with Gasteiger partial charge in [0.05, 0.1) is 10.5 Å². The SMILES string of the molecule is CC(C)[C@@H](C)NS(=O)(=O)c1ccccc1C#N. The molecule has 17 heavy (non-hydrogen) atoms. The van der Waals surface area contributed by atoms with Gasteiger partial charge >= 0.3 is 0 Å². The second-order valence-electron chi connectivity index (χ2n) is 4.26. The molecular weight excluding hydrogens is 236 g/mol. The molecule has 0 saturated carbocycles. The van der Waals surface area contributed by atoms with Crippen LogP contribution in [0.4, 0.5) is 0 Å². The molecule has 5 heteroatoms. The molecule has 1 N–H and O–H groups in total. The summed E-state index contributed by atoms with van der Waals surface area (Å²) in [5.41, 5.74) is 0.163. The van der Waals surface area contributed by atoms with Crippen molar-refractivity contribution < 1.29 is 8.42 Å². The van der Waals surface area contributed by atoms with E-state index in [0.29, 0.717) is 0 Å². The Bertz CT molecular complexity index is 530. The van der Waals surface area contributed by atoms with Gasteiger partial charge in [-0.15, -0.1) is 0 Å². The molecule has 0 saturated heterocycles. The van der Waals surface area contributed by atoms with Crippen LogP contribution in [0.1, 0.15) is 26.3 Å². The van der Waals surface area contributed by atoms with E-state index < -0.39 is 10.0 Å². The minimum atomic E-state index is -3.62. The number of hydrogen-bond acceptors (Lipinski definition) is 3. The molecule has 0 amide bonds. The first-order valence-corrected chi connectivity index (χ1v) is 6.88. The van der Waals surface area contributed by atoms with Crippen molar-refractivity contribution in [3.05, 3.63) is 29.8 Å². The predicted molar refractivity (Wildman–Crippen MR) is 65.8 cm³/mol. The molecule has 0 bridgehead atoms. The monoisotopic (exact) mass is 252 g/mol. The molecule has 0 unspecified atom stereocenters. The lowest BCUT2D eigenvalue weighted by atomic mass is 10.1. The second-order valence-corrected chi connectivity index (χ2v) is 5.94. The zero-order chi connectivity index (χ0) is 13.1. The van der Waals surface area contributed by atoms with Crippen LogP contribution >= 0.6 is 0 Å². The molecule has 1 atom stereocenters. The third-order valence-corrected chi connectivity index (χ3v) is 4.26. The van der Waals surface area contributed by atoms with Gasteiger partial charge in [-0.05, 0) is 25.0 Å². The van der Waals surface area contributed by atoms with Gasteiger partial charge in [0.1, 0.15) is 6.07 Å². The van der Waals surface area contributed by atoms with Gasteiger partial charge in [0.2, 0.25) is 10.0 Å². The van der Waals surface area contributed by atoms with Crippen LogP contribution in [0.15, 0.2) is 29.2 Å². The Kier molecular flexibility index (Phi) is 4.27. The second kappa shape index (κ2) is 5.30. The number of nitrogens with one attached hydrogen (secondary N) is 1. The third-order valence-electron chi connectivity index (χ3n) is 2.64. The molecular formula is C12H16N2O2S. The fourth-order valence-electron chi connectivity index (χ4n) is 1.24. The van der Waals surface area contributed by atoms with Gasteiger partial charge in [-0.25, -0.2) is 13.1 Å². The molecule has 1 aromatic rings. The Balaban J connectivity index is 3.11. The summed E-state index contributed by atoms with van der Waals surface area (Å²) in [7, 11) is -3.62. The lowest BCUT2D eigenvalue weighted by Crippen LogP contribution is -2.36. The lowest BCUT2D eigenvalue weighted by molar-refractivity contribution is 0.476. The molecule has 0 fully saturated rings. The summed E-state index contributed by atoms with van der Waals surface area (Å²) in [4.78, 5) is 0.0370. The van der Waals surface area contributed by atoms with Crippen LogP contribution in [0.2, 0.25) is 0 Å². The number of rotatable bonds is 4. The summed E-state index contributed by atoms with van der Waals surface area (Å²) in [6.45, 7) is 5.67. The van der Waals surface area contributed by atoms with E-state index in [1.807, 2.05) is 19.9 Å². The van der Waals surface area contributed by atoms with E-state index in [2.05, 4.69) is 4.72 Å². The Labute approximate surface area is 102 Å². The zero-order valence-corrected chi connectivity index (χ0v) is 11.0. The smallest absolute Gasteiger partial charge is 0.208 e. The van der Waals surface area contributed by atoms with E-state index in [1.54, 1.807) is 19.1 Å². The van der Waals surface area contributed by atoms with Gasteiger partial charge < -0.3 is 0 Å². The summed E-state index contributed by atoms with van der Waals surface area (Å²) < 4.78 is 26.7. The average Bonchev–Trinajstić information content (AvgIpc) is 2.28. The van der Waals surface area contributed by atoms with Gasteiger partial charge in [0.25, 0.3) is 0 Å². The summed E-state index contributed by atoms with van der Waals surface area (Å²) in [5, 5.41) is 8.88. The van der Waals surface area contributed by atoms with Gasteiger partial charge in [-0.2, -0.15) is 5.26 Å². The van der Waals surface area contributed by atoms with Crippen LogP contribution in [0.5, 0.6) is 0 Å². The van der Waals surface area contributed by atoms with E-state index in [-0.39, 0.29) is 22.4 Å². The highest BCUT2D eigenvalue weighted by Crippen LogP contribution is 2.15. The van der Waals surface area contributed by atoms with Crippen LogP contribution in [0.25, 0.3) is 0 Å². The number of benzene rings is 1. The average molecular weight is 252 g/mol. The fourth-order valence-corrected chi connectivity index (χ4v) is 2.79. The third kappa shape index (κ3) is 3.29. The predicted octanol–water partition coefficient (Wildman–Crippen LogP) is 1.88. The largest absolute Gasteiger partial charge is 0.242 e. The first-order valence-electron chi connectivity index (χ1n) is 5.40. The highest BCUT2D eigenvalue weighted by Gasteiger charge is 2.21. The van der Waals surface area contributed by atoms with Crippen LogP contribution in [0.3, 0.4) is 0 Å². The van der Waals surface area contributed by atoms with Gasteiger partial charge in [0.15, 0.2) is 0 Å². The molecule has 0 spiro atoms. The molecule has 92 valence electrons. The minimum Gasteiger partial charge on any atom is -0.208 e. The van der Waals surface area contributed by atoms with Crippen molar-refractivity contribution in [2.24, 2.45) is 5.92 Å². The maximum atomic E-state index is 12.1. The van der Waals surface area contributed by atoms with E-state index >= 15 is 0 Å². The van der Waals surface area contributed by atoms with Crippen molar-refractivity contribution in [2.75, 3.05) is 0 Å². The Morgan fingerprint density at radius 1 is 1.24 bits per heavy atom. The Hall–Kier alpha value is -1.38. The Morgan fingerprint density at radius 2 is 1.82 bits per heavy atom. The number of sulfonamides is 1. The zero-order valence-electron chi connectivity index (χ0n) is 10.1. The lowest BCUT2D eigenvalue weighted by Gasteiger charge is -2.17. The molecule has 0 heterocycles. The van der Waals surface area contributed by atoms with Gasteiger partial charge in [0, 0.05) is 6.04 Å². The highest BCUT2D eigenvalue weighted by atomic mass is 32.2. The van der Waals surface area contributed by atoms with Crippen molar-refractivity contribution in [3.8, 4) is 6.07 Å². The molecule has 1 rings (SSSR count). The van der Waals surface area contributed by atoms with Crippen molar-refractivity contribution in [1.82, 2.24) is 4.72 Å². The summed E-state index contributed by atoms with van der Waals surface area (Å²) in [5.74, 6) is 0.194. The standard InChI is InChI=1S/C12H16N2O2S/c1-9(2)10(3)14-17(15,16)12-7-5-4-6-11(12)8-13/h4-7,9-10,14H,1-3H3/t10-/m1/s1. The molecule has 0 aliphatic carbocycles. The summed E-state index contributed by atoms with van der Waals surface area (Å²) >= 11 is 0. The topological polar surface area (TPSA) is 70.0 Å². The maximum absolute atomic E-state index is 12.1. The van der Waals surface area contributed by atoms with E-state index in [1.165, 1.54) is 12.1 Å². The van der Waals surface area contributed by atoms with Crippen molar-refractivity contribution in [1.29, 1.82) is 5.26 Å². The highest BCUT2D eigenvalue weighted by molar-refractivity contribution is 7.89. The molecule has 4 nitrogen and oxygen atoms in total. The normalized spacial score (nSPS) is 13.4. The first kappa shape index (κ1) is 13.7. The van der Waals surface area contributed by atoms with Crippen LogP contribution in [-0.2, 0) is 10.0 Å². The summed E-state index contributed by atoms with van der Waals surface area (Å²) in [6, 6.07) is 7.89. The van der Waals surface area contributed by atoms with E-state index in [4.69, 9.17) is 5.26 Å². The molecule has 1 aromatic carbocycles. The quantitative estimate of drug-likeness (QED) is 0.889. The first-order chi connectivity index (χ1) is 7.88. The van der Waals surface area contributed by atoms with Crippen molar-refractivity contribution >= 4 is 10.0 Å². The minimum absolute atomic E-state index is 0.0370. The Morgan fingerprint density at radius 3 is 2.35 bits per heavy atom. The van der Waals surface area contributed by atoms with Gasteiger partial charge in [-0.3, -0.25) is 0 Å². The van der Waals surface area contributed by atoms with Crippen LogP contribution in [0, 0.1) is 17.2 Å². The van der Waals surface area contributed by atoms with E-state index in [9.17, 15) is 8.42 Å². The molecule has 0 aromatic heterocycles. The van der Waals surface area contributed by atoms with Gasteiger partial charge in [-0.1, -0.05) is 26.0 Å². The maximum Gasteiger partial charge on any atom is 0.242 e. The van der Waals surface area contributed by atoms with Crippen LogP contribution in [-0.4, -0.2) is 14.5 Å². The number of nitrogens with zero attached hydrogens (tertiary/aromatic N) is 1. The number of nitriles is 1. The van der Waals surface area contributed by atoms with Crippen LogP contribution < -0.4 is 4.72 Å². The van der Waals surface area contributed by atoms with E-state index in [0.717, 1.165) is 0 Å². The molecule has 0 aliphatic rings. The number of hydrogen-bond donors (Lipinski definition) is 1. The van der Waals surface area contributed by atoms with Crippen molar-refractivity contribution in [2.45, 2.75) is 31.7 Å². The summed E-state index contributed by atoms with van der Waals surface area (Å²) in [6.07, 6.45) is 0. The molecule has 0 radical (unpaired) electrons. The van der Waals surface area contributed by atoms with Crippen molar-refractivity contribution in [3.63, 3.8) is 0 Å².